The molecule has 0 aliphatic rings. The van der Waals surface area contributed by atoms with E-state index >= 15 is 0 Å². The molecule has 2 nitrogen and oxygen atoms in total. The first kappa shape index (κ1) is 10.5. The van der Waals surface area contributed by atoms with Crippen molar-refractivity contribution in [3.8, 4) is 0 Å². The molecular weight excluding hydrogens is 253 g/mol. The first-order chi connectivity index (χ1) is 6.16. The lowest BCUT2D eigenvalue weighted by atomic mass is 10.1. The standard InChI is InChI=1S/C9H9BrClNO/c1-12-9(13)8(11)6-4-2-3-5-7(6)10/h2-5,8H,1H3,(H,12,13). The lowest BCUT2D eigenvalue weighted by Crippen LogP contribution is -2.22. The second kappa shape index (κ2) is 4.63. The molecule has 0 aromatic heterocycles. The van der Waals surface area contributed by atoms with E-state index in [2.05, 4.69) is 21.2 Å². The van der Waals surface area contributed by atoms with Crippen LogP contribution in [0.25, 0.3) is 0 Å². The van der Waals surface area contributed by atoms with Gasteiger partial charge in [-0.05, 0) is 11.6 Å². The maximum absolute atomic E-state index is 11.2. The van der Waals surface area contributed by atoms with Crippen molar-refractivity contribution in [2.75, 3.05) is 7.05 Å². The molecule has 0 aliphatic heterocycles. The van der Waals surface area contributed by atoms with Crippen LogP contribution in [0.1, 0.15) is 10.9 Å². The summed E-state index contributed by atoms with van der Waals surface area (Å²) < 4.78 is 0.846. The van der Waals surface area contributed by atoms with Gasteiger partial charge in [-0.15, -0.1) is 11.6 Å². The third kappa shape index (κ3) is 2.45. The highest BCUT2D eigenvalue weighted by molar-refractivity contribution is 9.10. The zero-order valence-electron chi connectivity index (χ0n) is 7.05. The van der Waals surface area contributed by atoms with Crippen LogP contribution in [0.4, 0.5) is 0 Å². The van der Waals surface area contributed by atoms with E-state index in [1.165, 1.54) is 0 Å². The van der Waals surface area contributed by atoms with Gasteiger partial charge in [0.2, 0.25) is 5.91 Å². The summed E-state index contributed by atoms with van der Waals surface area (Å²) in [7, 11) is 1.56. The van der Waals surface area contributed by atoms with Gasteiger partial charge in [-0.25, -0.2) is 0 Å². The van der Waals surface area contributed by atoms with Gasteiger partial charge in [0.25, 0.3) is 0 Å². The fourth-order valence-electron chi connectivity index (χ4n) is 0.949. The summed E-state index contributed by atoms with van der Waals surface area (Å²) >= 11 is 9.25. The highest BCUT2D eigenvalue weighted by atomic mass is 79.9. The summed E-state index contributed by atoms with van der Waals surface area (Å²) in [5, 5.41) is 1.86. The number of nitrogens with one attached hydrogen (secondary N) is 1. The van der Waals surface area contributed by atoms with Gasteiger partial charge in [0, 0.05) is 11.5 Å². The number of likely N-dealkylation sites (N-methyl/N-ethyl adjacent to an activating group) is 1. The topological polar surface area (TPSA) is 29.1 Å². The Morgan fingerprint density at radius 3 is 2.69 bits per heavy atom. The molecule has 1 atom stereocenters. The Morgan fingerprint density at radius 1 is 1.54 bits per heavy atom. The first-order valence-electron chi connectivity index (χ1n) is 3.77. The van der Waals surface area contributed by atoms with Crippen LogP contribution in [0.3, 0.4) is 0 Å². The van der Waals surface area contributed by atoms with E-state index in [4.69, 9.17) is 11.6 Å². The molecule has 1 amide bonds. The van der Waals surface area contributed by atoms with Crippen LogP contribution >= 0.6 is 27.5 Å². The molecule has 13 heavy (non-hydrogen) atoms. The van der Waals surface area contributed by atoms with E-state index in [9.17, 15) is 4.79 Å². The Morgan fingerprint density at radius 2 is 2.15 bits per heavy atom. The van der Waals surface area contributed by atoms with Crippen LogP contribution in [0, 0.1) is 0 Å². The predicted octanol–water partition coefficient (Wildman–Crippen LogP) is 2.48. The number of rotatable bonds is 2. The Kier molecular flexibility index (Phi) is 3.75. The van der Waals surface area contributed by atoms with Crippen molar-refractivity contribution < 1.29 is 4.79 Å². The van der Waals surface area contributed by atoms with E-state index in [0.717, 1.165) is 10.0 Å². The Hall–Kier alpha value is -0.540. The molecule has 1 N–H and O–H groups in total. The Balaban J connectivity index is 2.95. The van der Waals surface area contributed by atoms with E-state index in [1.54, 1.807) is 7.05 Å². The van der Waals surface area contributed by atoms with Crippen molar-refractivity contribution >= 4 is 33.4 Å². The predicted molar refractivity (Wildman–Crippen MR) is 56.8 cm³/mol. The van der Waals surface area contributed by atoms with Crippen LogP contribution in [-0.2, 0) is 4.79 Å². The van der Waals surface area contributed by atoms with Crippen LogP contribution in [0.15, 0.2) is 28.7 Å². The molecule has 70 valence electrons. The van der Waals surface area contributed by atoms with Crippen molar-refractivity contribution in [3.05, 3.63) is 34.3 Å². The molecule has 0 saturated heterocycles. The summed E-state index contributed by atoms with van der Waals surface area (Å²) in [4.78, 5) is 11.2. The molecular formula is C9H9BrClNO. The van der Waals surface area contributed by atoms with Gasteiger partial charge in [0.05, 0.1) is 0 Å². The van der Waals surface area contributed by atoms with Gasteiger partial charge in [-0.2, -0.15) is 0 Å². The summed E-state index contributed by atoms with van der Waals surface area (Å²) in [5.41, 5.74) is 0.781. The number of amides is 1. The molecule has 0 saturated carbocycles. The molecule has 0 radical (unpaired) electrons. The van der Waals surface area contributed by atoms with Crippen LogP contribution in [0.5, 0.6) is 0 Å². The van der Waals surface area contributed by atoms with Crippen LogP contribution in [0.2, 0.25) is 0 Å². The average Bonchev–Trinajstić information content (AvgIpc) is 2.16. The van der Waals surface area contributed by atoms with Gasteiger partial charge >= 0.3 is 0 Å². The maximum Gasteiger partial charge on any atom is 0.242 e. The minimum Gasteiger partial charge on any atom is -0.358 e. The summed E-state index contributed by atoms with van der Waals surface area (Å²) in [6, 6.07) is 7.39. The third-order valence-corrected chi connectivity index (χ3v) is 2.81. The molecule has 1 unspecified atom stereocenters. The highest BCUT2D eigenvalue weighted by Gasteiger charge is 2.17. The Labute approximate surface area is 90.4 Å². The number of carbonyl (C=O) groups is 1. The van der Waals surface area contributed by atoms with Crippen LogP contribution in [-0.4, -0.2) is 13.0 Å². The second-order valence-corrected chi connectivity index (χ2v) is 3.79. The fourth-order valence-corrected chi connectivity index (χ4v) is 1.89. The quantitative estimate of drug-likeness (QED) is 0.815. The van der Waals surface area contributed by atoms with E-state index < -0.39 is 5.38 Å². The third-order valence-electron chi connectivity index (χ3n) is 1.65. The maximum atomic E-state index is 11.2. The lowest BCUT2D eigenvalue weighted by Gasteiger charge is -2.09. The highest BCUT2D eigenvalue weighted by Crippen LogP contribution is 2.27. The minimum absolute atomic E-state index is 0.200. The largest absolute Gasteiger partial charge is 0.358 e. The van der Waals surface area contributed by atoms with E-state index in [0.29, 0.717) is 0 Å². The van der Waals surface area contributed by atoms with Crippen LogP contribution < -0.4 is 5.32 Å². The number of benzene rings is 1. The van der Waals surface area contributed by atoms with Gasteiger partial charge in [-0.1, -0.05) is 34.1 Å². The molecule has 4 heteroatoms. The fraction of sp³-hybridized carbons (Fsp3) is 0.222. The van der Waals surface area contributed by atoms with Gasteiger partial charge in [-0.3, -0.25) is 4.79 Å². The molecule has 0 fully saturated rings. The lowest BCUT2D eigenvalue weighted by molar-refractivity contribution is -0.120. The zero-order valence-corrected chi connectivity index (χ0v) is 9.39. The number of halogens is 2. The Bertz CT molecular complexity index is 316. The smallest absolute Gasteiger partial charge is 0.242 e. The molecule has 0 aliphatic carbocycles. The van der Waals surface area contributed by atoms with Gasteiger partial charge in [0.15, 0.2) is 0 Å². The van der Waals surface area contributed by atoms with Gasteiger partial charge < -0.3 is 5.32 Å². The molecule has 0 spiro atoms. The number of alkyl halides is 1. The summed E-state index contributed by atoms with van der Waals surface area (Å²) in [6.07, 6.45) is 0. The van der Waals surface area contributed by atoms with E-state index in [1.807, 2.05) is 24.3 Å². The molecule has 0 bridgehead atoms. The molecule has 1 rings (SSSR count). The average molecular weight is 263 g/mol. The molecule has 1 aromatic rings. The van der Waals surface area contributed by atoms with Crippen molar-refractivity contribution in [3.63, 3.8) is 0 Å². The van der Waals surface area contributed by atoms with Crippen molar-refractivity contribution in [2.45, 2.75) is 5.38 Å². The molecule has 1 aromatic carbocycles. The molecule has 0 heterocycles. The number of hydrogen-bond donors (Lipinski definition) is 1. The van der Waals surface area contributed by atoms with Crippen molar-refractivity contribution in [1.82, 2.24) is 5.32 Å². The zero-order chi connectivity index (χ0) is 9.84. The SMILES string of the molecule is CNC(=O)C(Cl)c1ccccc1Br. The summed E-state index contributed by atoms with van der Waals surface area (Å²) in [5.74, 6) is -0.200. The van der Waals surface area contributed by atoms with Crippen molar-refractivity contribution in [1.29, 1.82) is 0 Å². The number of carbonyl (C=O) groups excluding carboxylic acids is 1. The van der Waals surface area contributed by atoms with E-state index in [-0.39, 0.29) is 5.91 Å². The number of hydrogen-bond acceptors (Lipinski definition) is 1. The summed E-state index contributed by atoms with van der Waals surface area (Å²) in [6.45, 7) is 0. The first-order valence-corrected chi connectivity index (χ1v) is 5.00. The second-order valence-electron chi connectivity index (χ2n) is 2.50. The monoisotopic (exact) mass is 261 g/mol. The van der Waals surface area contributed by atoms with Gasteiger partial charge in [0.1, 0.15) is 5.38 Å². The van der Waals surface area contributed by atoms with Crippen molar-refractivity contribution in [2.24, 2.45) is 0 Å². The normalized spacial score (nSPS) is 12.2. The minimum atomic E-state index is -0.638.